The zero-order valence-electron chi connectivity index (χ0n) is 10.9. The van der Waals surface area contributed by atoms with Crippen LogP contribution in [-0.4, -0.2) is 0 Å². The van der Waals surface area contributed by atoms with E-state index in [1.54, 1.807) is 6.08 Å². The van der Waals surface area contributed by atoms with E-state index in [1.807, 2.05) is 38.1 Å². The van der Waals surface area contributed by atoms with Crippen LogP contribution in [0.4, 0.5) is 0 Å². The maximum Gasteiger partial charge on any atom is 0.0372 e. The van der Waals surface area contributed by atoms with Gasteiger partial charge < -0.3 is 0 Å². The van der Waals surface area contributed by atoms with Gasteiger partial charge in [-0.2, -0.15) is 0 Å². The highest BCUT2D eigenvalue weighted by molar-refractivity contribution is 6.31. The third kappa shape index (κ3) is 5.06. The first-order chi connectivity index (χ1) is 8.16. The lowest BCUT2D eigenvalue weighted by Crippen LogP contribution is -1.97. The van der Waals surface area contributed by atoms with E-state index < -0.39 is 0 Å². The predicted octanol–water partition coefficient (Wildman–Crippen LogP) is 5.68. The Labute approximate surface area is 110 Å². The van der Waals surface area contributed by atoms with E-state index in [1.165, 1.54) is 5.56 Å². The lowest BCUT2D eigenvalue weighted by molar-refractivity contribution is 0.918. The zero-order chi connectivity index (χ0) is 13.3. The summed E-state index contributed by atoms with van der Waals surface area (Å²) >= 11 is 5.96. The van der Waals surface area contributed by atoms with Gasteiger partial charge in [0.05, 0.1) is 0 Å². The van der Waals surface area contributed by atoms with Crippen LogP contribution in [0, 0.1) is 0 Å². The molecule has 0 radical (unpaired) electrons. The second kappa shape index (κ2) is 8.83. The van der Waals surface area contributed by atoms with E-state index in [-0.39, 0.29) is 5.92 Å². The molecule has 0 nitrogen and oxygen atoms in total. The first kappa shape index (κ1) is 15.7. The summed E-state index contributed by atoms with van der Waals surface area (Å²) in [5, 5.41) is 0.575. The van der Waals surface area contributed by atoms with Crippen LogP contribution < -0.4 is 0 Å². The van der Waals surface area contributed by atoms with Gasteiger partial charge in [0, 0.05) is 11.0 Å². The summed E-state index contributed by atoms with van der Waals surface area (Å²) in [5.41, 5.74) is 2.24. The van der Waals surface area contributed by atoms with Crippen LogP contribution in [0.3, 0.4) is 0 Å². The summed E-state index contributed by atoms with van der Waals surface area (Å²) in [5.74, 6) is 0.245. The number of halogens is 1. The van der Waals surface area contributed by atoms with Crippen LogP contribution in [0.15, 0.2) is 66.2 Å². The largest absolute Gasteiger partial charge is 0.0991 e. The molecule has 1 heteroatoms. The van der Waals surface area contributed by atoms with E-state index >= 15 is 0 Å². The Bertz CT molecular complexity index is 374. The molecule has 17 heavy (non-hydrogen) atoms. The number of benzene rings is 1. The van der Waals surface area contributed by atoms with Crippen LogP contribution in [0.1, 0.15) is 32.3 Å². The molecule has 1 aromatic rings. The number of hydrogen-bond acceptors (Lipinski definition) is 0. The summed E-state index contributed by atoms with van der Waals surface area (Å²) in [6, 6.07) is 10.2. The third-order valence-electron chi connectivity index (χ3n) is 2.38. The molecule has 1 unspecified atom stereocenters. The van der Waals surface area contributed by atoms with E-state index in [4.69, 9.17) is 11.6 Å². The normalized spacial score (nSPS) is 12.1. The molecule has 0 bridgehead atoms. The topological polar surface area (TPSA) is 0 Å². The molecule has 0 saturated heterocycles. The average molecular weight is 249 g/mol. The molecule has 0 aliphatic rings. The van der Waals surface area contributed by atoms with E-state index in [0.29, 0.717) is 5.03 Å². The summed E-state index contributed by atoms with van der Waals surface area (Å²) < 4.78 is 0. The first-order valence-electron chi connectivity index (χ1n) is 5.89. The highest BCUT2D eigenvalue weighted by Crippen LogP contribution is 2.29. The smallest absolute Gasteiger partial charge is 0.0372 e. The van der Waals surface area contributed by atoms with Gasteiger partial charge in [-0.15, -0.1) is 0 Å². The van der Waals surface area contributed by atoms with Crippen molar-refractivity contribution in [2.24, 2.45) is 0 Å². The maximum atomic E-state index is 5.96. The molecule has 1 aromatic carbocycles. The van der Waals surface area contributed by atoms with Crippen molar-refractivity contribution in [1.82, 2.24) is 0 Å². The molecule has 0 aliphatic carbocycles. The van der Waals surface area contributed by atoms with Gasteiger partial charge in [0.25, 0.3) is 0 Å². The Morgan fingerprint density at radius 1 is 1.24 bits per heavy atom. The SMILES string of the molecule is C=C/C=C(\C(=C)Cl)C(C)c1ccccc1.CC. The van der Waals surface area contributed by atoms with Gasteiger partial charge in [-0.3, -0.25) is 0 Å². The molecular weight excluding hydrogens is 228 g/mol. The van der Waals surface area contributed by atoms with Crippen molar-refractivity contribution in [3.05, 3.63) is 71.8 Å². The lowest BCUT2D eigenvalue weighted by atomic mass is 9.92. The minimum absolute atomic E-state index is 0.245. The molecule has 1 atom stereocenters. The molecule has 0 saturated carbocycles. The Morgan fingerprint density at radius 2 is 1.76 bits per heavy atom. The fourth-order valence-electron chi connectivity index (χ4n) is 1.52. The van der Waals surface area contributed by atoms with Crippen LogP contribution in [0.2, 0.25) is 0 Å². The van der Waals surface area contributed by atoms with Gasteiger partial charge in [-0.05, 0) is 11.1 Å². The Balaban J connectivity index is 0.00000121. The molecule has 1 rings (SSSR count). The second-order valence-electron chi connectivity index (χ2n) is 3.39. The average Bonchev–Trinajstić information content (AvgIpc) is 2.38. The highest BCUT2D eigenvalue weighted by Gasteiger charge is 2.11. The van der Waals surface area contributed by atoms with Crippen molar-refractivity contribution in [2.45, 2.75) is 26.7 Å². The Morgan fingerprint density at radius 3 is 2.18 bits per heavy atom. The maximum absolute atomic E-state index is 5.96. The van der Waals surface area contributed by atoms with Crippen LogP contribution in [0.25, 0.3) is 0 Å². The fourth-order valence-corrected chi connectivity index (χ4v) is 1.74. The Kier molecular flexibility index (Phi) is 8.17. The van der Waals surface area contributed by atoms with Gasteiger partial charge in [0.1, 0.15) is 0 Å². The lowest BCUT2D eigenvalue weighted by Gasteiger charge is -2.15. The standard InChI is InChI=1S/C14H15Cl.C2H6/c1-4-8-14(12(3)15)11(2)13-9-6-5-7-10-13;1-2/h4-11H,1,3H2,2H3;1-2H3/b14-8-;. The first-order valence-corrected chi connectivity index (χ1v) is 6.27. The third-order valence-corrected chi connectivity index (χ3v) is 2.59. The minimum Gasteiger partial charge on any atom is -0.0991 e. The molecule has 0 N–H and O–H groups in total. The van der Waals surface area contributed by atoms with Crippen molar-refractivity contribution >= 4 is 11.6 Å². The van der Waals surface area contributed by atoms with Gasteiger partial charge in [0.15, 0.2) is 0 Å². The summed E-state index contributed by atoms with van der Waals surface area (Å²) in [7, 11) is 0. The predicted molar refractivity (Wildman–Crippen MR) is 79.5 cm³/mol. The van der Waals surface area contributed by atoms with Gasteiger partial charge >= 0.3 is 0 Å². The van der Waals surface area contributed by atoms with E-state index in [9.17, 15) is 0 Å². The number of rotatable bonds is 4. The Hall–Kier alpha value is -1.27. The van der Waals surface area contributed by atoms with Crippen LogP contribution in [-0.2, 0) is 0 Å². The van der Waals surface area contributed by atoms with Crippen molar-refractivity contribution in [1.29, 1.82) is 0 Å². The van der Waals surface area contributed by atoms with Crippen molar-refractivity contribution < 1.29 is 0 Å². The zero-order valence-corrected chi connectivity index (χ0v) is 11.7. The second-order valence-corrected chi connectivity index (χ2v) is 3.85. The molecule has 0 spiro atoms. The van der Waals surface area contributed by atoms with Crippen LogP contribution >= 0.6 is 11.6 Å². The number of allylic oxidation sites excluding steroid dienone is 4. The molecular formula is C16H21Cl. The monoisotopic (exact) mass is 248 g/mol. The van der Waals surface area contributed by atoms with E-state index in [0.717, 1.165) is 5.57 Å². The minimum atomic E-state index is 0.245. The van der Waals surface area contributed by atoms with Crippen molar-refractivity contribution in [3.63, 3.8) is 0 Å². The molecule has 0 aromatic heterocycles. The fraction of sp³-hybridized carbons (Fsp3) is 0.250. The molecule has 0 heterocycles. The molecule has 0 aliphatic heterocycles. The van der Waals surface area contributed by atoms with Gasteiger partial charge in [-0.25, -0.2) is 0 Å². The van der Waals surface area contributed by atoms with Gasteiger partial charge in [-0.1, -0.05) is 88.0 Å². The molecule has 0 amide bonds. The van der Waals surface area contributed by atoms with Crippen LogP contribution in [0.5, 0.6) is 0 Å². The van der Waals surface area contributed by atoms with Crippen molar-refractivity contribution in [3.8, 4) is 0 Å². The summed E-state index contributed by atoms with van der Waals surface area (Å²) in [6.45, 7) is 13.6. The highest BCUT2D eigenvalue weighted by atomic mass is 35.5. The molecule has 92 valence electrons. The van der Waals surface area contributed by atoms with Gasteiger partial charge in [0.2, 0.25) is 0 Å². The summed E-state index contributed by atoms with van der Waals surface area (Å²) in [4.78, 5) is 0. The molecule has 0 fully saturated rings. The quantitative estimate of drug-likeness (QED) is 0.601. The number of hydrogen-bond donors (Lipinski definition) is 0. The van der Waals surface area contributed by atoms with E-state index in [2.05, 4.69) is 32.2 Å². The summed E-state index contributed by atoms with van der Waals surface area (Å²) in [6.07, 6.45) is 3.65. The van der Waals surface area contributed by atoms with Crippen molar-refractivity contribution in [2.75, 3.05) is 0 Å².